The zero-order valence-electron chi connectivity index (χ0n) is 15.9. The van der Waals surface area contributed by atoms with Gasteiger partial charge in [0.2, 0.25) is 0 Å². The summed E-state index contributed by atoms with van der Waals surface area (Å²) in [5, 5.41) is 7.40. The minimum absolute atomic E-state index is 0.0485. The summed E-state index contributed by atoms with van der Waals surface area (Å²) in [7, 11) is 0. The molecule has 0 bridgehead atoms. The van der Waals surface area contributed by atoms with E-state index in [2.05, 4.69) is 53.4 Å². The molecular formula is C21H30N4O. The van der Waals surface area contributed by atoms with E-state index < -0.39 is 0 Å². The van der Waals surface area contributed by atoms with Crippen molar-refractivity contribution in [1.82, 2.24) is 20.0 Å². The summed E-state index contributed by atoms with van der Waals surface area (Å²) in [6, 6.07) is 11.0. The van der Waals surface area contributed by atoms with Gasteiger partial charge in [0.15, 0.2) is 0 Å². The van der Waals surface area contributed by atoms with E-state index in [1.165, 1.54) is 31.2 Å². The summed E-state index contributed by atoms with van der Waals surface area (Å²) < 4.78 is 1.82. The fourth-order valence-corrected chi connectivity index (χ4v) is 3.57. The van der Waals surface area contributed by atoms with Crippen LogP contribution in [0.4, 0.5) is 0 Å². The van der Waals surface area contributed by atoms with Crippen LogP contribution in [0.2, 0.25) is 0 Å². The average molecular weight is 354 g/mol. The second kappa shape index (κ2) is 8.99. The SMILES string of the molecule is CC(C)n1cc(C(=O)NC[C@H](c2ccccc2)N2CCCCCC2)cn1. The Labute approximate surface area is 156 Å². The number of likely N-dealkylation sites (tertiary alicyclic amines) is 1. The van der Waals surface area contributed by atoms with Crippen molar-refractivity contribution in [1.29, 1.82) is 0 Å². The number of hydrogen-bond acceptors (Lipinski definition) is 3. The second-order valence-electron chi connectivity index (χ2n) is 7.39. The van der Waals surface area contributed by atoms with E-state index in [4.69, 9.17) is 0 Å². The van der Waals surface area contributed by atoms with Crippen LogP contribution in [-0.2, 0) is 0 Å². The number of aromatic nitrogens is 2. The van der Waals surface area contributed by atoms with Crippen LogP contribution >= 0.6 is 0 Å². The first-order valence-corrected chi connectivity index (χ1v) is 9.76. The molecule has 26 heavy (non-hydrogen) atoms. The van der Waals surface area contributed by atoms with E-state index in [-0.39, 0.29) is 18.0 Å². The highest BCUT2D eigenvalue weighted by Crippen LogP contribution is 2.23. The summed E-state index contributed by atoms with van der Waals surface area (Å²) in [5.74, 6) is -0.0485. The molecule has 0 spiro atoms. The Morgan fingerprint density at radius 2 is 1.81 bits per heavy atom. The second-order valence-corrected chi connectivity index (χ2v) is 7.39. The maximum absolute atomic E-state index is 12.6. The molecule has 0 radical (unpaired) electrons. The summed E-state index contributed by atoms with van der Waals surface area (Å²) in [4.78, 5) is 15.1. The van der Waals surface area contributed by atoms with Gasteiger partial charge in [0.05, 0.1) is 17.8 Å². The maximum atomic E-state index is 12.6. The first kappa shape index (κ1) is 18.6. The van der Waals surface area contributed by atoms with Gasteiger partial charge in [-0.25, -0.2) is 0 Å². The lowest BCUT2D eigenvalue weighted by atomic mass is 10.0. The lowest BCUT2D eigenvalue weighted by Gasteiger charge is -2.31. The van der Waals surface area contributed by atoms with Gasteiger partial charge in [-0.15, -0.1) is 0 Å². The van der Waals surface area contributed by atoms with Crippen LogP contribution in [0.15, 0.2) is 42.7 Å². The Balaban J connectivity index is 1.69. The molecule has 1 aliphatic heterocycles. The monoisotopic (exact) mass is 354 g/mol. The number of carbonyl (C=O) groups excluding carboxylic acids is 1. The molecule has 3 rings (SSSR count). The van der Waals surface area contributed by atoms with Gasteiger partial charge in [0.1, 0.15) is 0 Å². The molecule has 1 amide bonds. The molecule has 0 aliphatic carbocycles. The lowest BCUT2D eigenvalue weighted by Crippen LogP contribution is -2.38. The van der Waals surface area contributed by atoms with Crippen LogP contribution in [-0.4, -0.2) is 40.2 Å². The van der Waals surface area contributed by atoms with Gasteiger partial charge in [0.25, 0.3) is 5.91 Å². The third kappa shape index (κ3) is 4.73. The third-order valence-electron chi connectivity index (χ3n) is 5.11. The van der Waals surface area contributed by atoms with Crippen molar-refractivity contribution in [3.8, 4) is 0 Å². The fraction of sp³-hybridized carbons (Fsp3) is 0.524. The van der Waals surface area contributed by atoms with E-state index in [0.717, 1.165) is 13.1 Å². The molecule has 2 aromatic rings. The maximum Gasteiger partial charge on any atom is 0.254 e. The van der Waals surface area contributed by atoms with Gasteiger partial charge < -0.3 is 5.32 Å². The van der Waals surface area contributed by atoms with Crippen LogP contribution in [0, 0.1) is 0 Å². The third-order valence-corrected chi connectivity index (χ3v) is 5.11. The van der Waals surface area contributed by atoms with Crippen molar-refractivity contribution in [2.24, 2.45) is 0 Å². The van der Waals surface area contributed by atoms with E-state index in [1.54, 1.807) is 6.20 Å². The van der Waals surface area contributed by atoms with Crippen LogP contribution in [0.25, 0.3) is 0 Å². The van der Waals surface area contributed by atoms with E-state index in [0.29, 0.717) is 12.1 Å². The van der Waals surface area contributed by atoms with Crippen LogP contribution in [0.3, 0.4) is 0 Å². The predicted octanol–water partition coefficient (Wildman–Crippen LogP) is 3.81. The first-order chi connectivity index (χ1) is 12.6. The number of nitrogens with one attached hydrogen (secondary N) is 1. The zero-order chi connectivity index (χ0) is 18.4. The van der Waals surface area contributed by atoms with Gasteiger partial charge in [-0.05, 0) is 45.3 Å². The van der Waals surface area contributed by atoms with E-state index in [1.807, 2.05) is 16.9 Å². The largest absolute Gasteiger partial charge is 0.350 e. The molecule has 1 fully saturated rings. The van der Waals surface area contributed by atoms with Crippen molar-refractivity contribution in [3.05, 3.63) is 53.9 Å². The number of nitrogens with zero attached hydrogens (tertiary/aromatic N) is 3. The molecule has 0 saturated carbocycles. The van der Waals surface area contributed by atoms with Crippen molar-refractivity contribution in [2.75, 3.05) is 19.6 Å². The number of amides is 1. The fourth-order valence-electron chi connectivity index (χ4n) is 3.57. The van der Waals surface area contributed by atoms with E-state index >= 15 is 0 Å². The van der Waals surface area contributed by atoms with E-state index in [9.17, 15) is 4.79 Å². The highest BCUT2D eigenvalue weighted by Gasteiger charge is 2.22. The molecule has 1 N–H and O–H groups in total. The topological polar surface area (TPSA) is 50.2 Å². The Bertz CT molecular complexity index is 687. The predicted molar refractivity (Wildman–Crippen MR) is 104 cm³/mol. The first-order valence-electron chi connectivity index (χ1n) is 9.76. The molecule has 1 aromatic heterocycles. The van der Waals surface area contributed by atoms with Crippen molar-refractivity contribution in [3.63, 3.8) is 0 Å². The molecular weight excluding hydrogens is 324 g/mol. The van der Waals surface area contributed by atoms with Crippen molar-refractivity contribution < 1.29 is 4.79 Å². The minimum atomic E-state index is -0.0485. The molecule has 0 unspecified atom stereocenters. The molecule has 140 valence electrons. The van der Waals surface area contributed by atoms with Gasteiger partial charge in [-0.3, -0.25) is 14.4 Å². The van der Waals surface area contributed by atoms with Gasteiger partial charge >= 0.3 is 0 Å². The molecule has 2 heterocycles. The van der Waals surface area contributed by atoms with Gasteiger partial charge in [-0.2, -0.15) is 5.10 Å². The molecule has 1 aromatic carbocycles. The average Bonchev–Trinajstić information content (AvgIpc) is 3.01. The van der Waals surface area contributed by atoms with Crippen molar-refractivity contribution in [2.45, 2.75) is 51.6 Å². The van der Waals surface area contributed by atoms with Gasteiger partial charge in [0, 0.05) is 18.8 Å². The molecule has 5 nitrogen and oxygen atoms in total. The van der Waals surface area contributed by atoms with Gasteiger partial charge in [-0.1, -0.05) is 43.2 Å². The smallest absolute Gasteiger partial charge is 0.254 e. The Hall–Kier alpha value is -2.14. The number of carbonyl (C=O) groups is 1. The lowest BCUT2D eigenvalue weighted by molar-refractivity contribution is 0.0933. The van der Waals surface area contributed by atoms with Crippen LogP contribution < -0.4 is 5.32 Å². The Morgan fingerprint density at radius 1 is 1.12 bits per heavy atom. The summed E-state index contributed by atoms with van der Waals surface area (Å²) >= 11 is 0. The molecule has 1 atom stereocenters. The number of benzene rings is 1. The number of rotatable bonds is 6. The highest BCUT2D eigenvalue weighted by atomic mass is 16.1. The summed E-state index contributed by atoms with van der Waals surface area (Å²) in [6.45, 7) is 6.93. The quantitative estimate of drug-likeness (QED) is 0.858. The Morgan fingerprint density at radius 3 is 2.42 bits per heavy atom. The molecule has 1 aliphatic rings. The zero-order valence-corrected chi connectivity index (χ0v) is 15.9. The van der Waals surface area contributed by atoms with Crippen LogP contribution in [0.5, 0.6) is 0 Å². The van der Waals surface area contributed by atoms with Crippen molar-refractivity contribution >= 4 is 5.91 Å². The normalized spacial score (nSPS) is 17.0. The standard InChI is InChI=1S/C21H30N4O/c1-17(2)25-16-19(14-23-25)21(26)22-15-20(18-10-6-5-7-11-18)24-12-8-3-4-9-13-24/h5-7,10-11,14,16-17,20H,3-4,8-9,12-13,15H2,1-2H3,(H,22,26)/t20-/m1/s1. The molecule has 5 heteroatoms. The number of hydrogen-bond donors (Lipinski definition) is 1. The minimum Gasteiger partial charge on any atom is -0.350 e. The Kier molecular flexibility index (Phi) is 6.45. The molecule has 1 saturated heterocycles. The highest BCUT2D eigenvalue weighted by molar-refractivity contribution is 5.93. The summed E-state index contributed by atoms with van der Waals surface area (Å²) in [6.07, 6.45) is 8.55. The van der Waals surface area contributed by atoms with Crippen LogP contribution in [0.1, 0.15) is 67.5 Å². The summed E-state index contributed by atoms with van der Waals surface area (Å²) in [5.41, 5.74) is 1.90.